The number of anilines is 2. The van der Waals surface area contributed by atoms with Crippen LogP contribution < -0.4 is 5.32 Å². The highest BCUT2D eigenvalue weighted by molar-refractivity contribution is 9.10. The highest BCUT2D eigenvalue weighted by Gasteiger charge is 2.19. The van der Waals surface area contributed by atoms with Gasteiger partial charge in [0.2, 0.25) is 0 Å². The second kappa shape index (κ2) is 7.13. The first-order chi connectivity index (χ1) is 10.8. The molecule has 2 aromatic carbocycles. The van der Waals surface area contributed by atoms with Gasteiger partial charge in [0.25, 0.3) is 5.69 Å². The van der Waals surface area contributed by atoms with Gasteiger partial charge in [0.05, 0.1) is 4.92 Å². The zero-order valence-electron chi connectivity index (χ0n) is 13.8. The summed E-state index contributed by atoms with van der Waals surface area (Å²) in [5.41, 5.74) is 3.85. The highest BCUT2D eigenvalue weighted by atomic mass is 79.9. The number of nitrogens with zero attached hydrogens (tertiary/aromatic N) is 1. The summed E-state index contributed by atoms with van der Waals surface area (Å²) in [6, 6.07) is 10.9. The van der Waals surface area contributed by atoms with Crippen molar-refractivity contribution in [1.29, 1.82) is 0 Å². The molecular weight excluding hydrogens is 356 g/mol. The molecular formula is C18H21BrN2O2. The zero-order chi connectivity index (χ0) is 17.1. The number of nitro groups is 1. The minimum Gasteiger partial charge on any atom is -0.349 e. The lowest BCUT2D eigenvalue weighted by Gasteiger charge is -2.21. The van der Waals surface area contributed by atoms with E-state index in [2.05, 4.69) is 61.1 Å². The molecule has 5 heteroatoms. The quantitative estimate of drug-likeness (QED) is 0.488. The molecule has 0 radical (unpaired) electrons. The van der Waals surface area contributed by atoms with Crippen LogP contribution in [0.3, 0.4) is 0 Å². The Labute approximate surface area is 145 Å². The summed E-state index contributed by atoms with van der Waals surface area (Å²) in [5.74, 6) is 0.602. The molecule has 1 N–H and O–H groups in total. The van der Waals surface area contributed by atoms with E-state index >= 15 is 0 Å². The van der Waals surface area contributed by atoms with Crippen LogP contribution in [0.1, 0.15) is 50.7 Å². The Kier molecular flexibility index (Phi) is 5.42. The lowest BCUT2D eigenvalue weighted by molar-refractivity contribution is -0.383. The van der Waals surface area contributed by atoms with Crippen LogP contribution >= 0.6 is 15.9 Å². The third kappa shape index (κ3) is 3.91. The Balaban J connectivity index is 2.61. The van der Waals surface area contributed by atoms with Crippen molar-refractivity contribution in [3.63, 3.8) is 0 Å². The molecule has 0 atom stereocenters. The lowest BCUT2D eigenvalue weighted by atomic mass is 9.92. The molecule has 0 aromatic heterocycles. The van der Waals surface area contributed by atoms with Crippen LogP contribution in [0.4, 0.5) is 17.1 Å². The molecule has 0 heterocycles. The molecule has 0 amide bonds. The van der Waals surface area contributed by atoms with Gasteiger partial charge in [-0.2, -0.15) is 0 Å². The number of nitrogens with one attached hydrogen (secondary N) is 1. The summed E-state index contributed by atoms with van der Waals surface area (Å²) in [4.78, 5) is 10.9. The fourth-order valence-electron chi connectivity index (χ4n) is 2.58. The smallest absolute Gasteiger partial charge is 0.292 e. The molecule has 2 rings (SSSR count). The maximum atomic E-state index is 11.3. The number of halogens is 1. The van der Waals surface area contributed by atoms with E-state index < -0.39 is 0 Å². The summed E-state index contributed by atoms with van der Waals surface area (Å²) in [6.07, 6.45) is 0. The van der Waals surface area contributed by atoms with Crippen LogP contribution in [-0.2, 0) is 0 Å². The number of hydrogen-bond acceptors (Lipinski definition) is 3. The molecule has 0 saturated heterocycles. The predicted octanol–water partition coefficient (Wildman–Crippen LogP) is 6.35. The van der Waals surface area contributed by atoms with Gasteiger partial charge in [-0.1, -0.05) is 55.8 Å². The van der Waals surface area contributed by atoms with Crippen LogP contribution in [0.15, 0.2) is 40.9 Å². The number of hydrogen-bond donors (Lipinski definition) is 1. The second-order valence-electron chi connectivity index (χ2n) is 6.17. The molecule has 0 aliphatic heterocycles. The molecule has 0 saturated carbocycles. The van der Waals surface area contributed by atoms with Gasteiger partial charge < -0.3 is 5.32 Å². The largest absolute Gasteiger partial charge is 0.349 e. The van der Waals surface area contributed by atoms with E-state index in [4.69, 9.17) is 0 Å². The molecule has 0 fully saturated rings. The Morgan fingerprint density at radius 2 is 1.57 bits per heavy atom. The molecule has 0 unspecified atom stereocenters. The van der Waals surface area contributed by atoms with Crippen molar-refractivity contribution in [3.8, 4) is 0 Å². The van der Waals surface area contributed by atoms with Gasteiger partial charge in [-0.15, -0.1) is 0 Å². The number of benzene rings is 2. The Morgan fingerprint density at radius 1 is 1.04 bits per heavy atom. The van der Waals surface area contributed by atoms with Gasteiger partial charge in [0.1, 0.15) is 5.69 Å². The molecule has 23 heavy (non-hydrogen) atoms. The summed E-state index contributed by atoms with van der Waals surface area (Å²) >= 11 is 3.57. The first-order valence-electron chi connectivity index (χ1n) is 7.65. The highest BCUT2D eigenvalue weighted by Crippen LogP contribution is 2.38. The molecule has 0 bridgehead atoms. The van der Waals surface area contributed by atoms with Crippen LogP contribution in [0.2, 0.25) is 0 Å². The first kappa shape index (κ1) is 17.5. The standard InChI is InChI=1S/C18H21BrN2O2/c1-11(2)14-9-13(19)10-15(12(3)4)18(14)20-16-7-5-6-8-17(16)21(22)23/h5-12,20H,1-4H3. The van der Waals surface area contributed by atoms with Gasteiger partial charge >= 0.3 is 0 Å². The monoisotopic (exact) mass is 376 g/mol. The van der Waals surface area contributed by atoms with E-state index in [1.165, 1.54) is 6.07 Å². The first-order valence-corrected chi connectivity index (χ1v) is 8.44. The van der Waals surface area contributed by atoms with E-state index in [1.807, 2.05) is 0 Å². The SMILES string of the molecule is CC(C)c1cc(Br)cc(C(C)C)c1Nc1ccccc1[N+](=O)[O-]. The minimum atomic E-state index is -0.356. The van der Waals surface area contributed by atoms with Crippen molar-refractivity contribution in [2.45, 2.75) is 39.5 Å². The Bertz CT molecular complexity index is 698. The summed E-state index contributed by atoms with van der Waals surface area (Å²) in [6.45, 7) is 8.49. The maximum absolute atomic E-state index is 11.3. The van der Waals surface area contributed by atoms with Crippen LogP contribution in [0, 0.1) is 10.1 Å². The maximum Gasteiger partial charge on any atom is 0.292 e. The van der Waals surface area contributed by atoms with Crippen LogP contribution in [0.5, 0.6) is 0 Å². The minimum absolute atomic E-state index is 0.0832. The number of nitro benzene ring substituents is 1. The second-order valence-corrected chi connectivity index (χ2v) is 7.08. The zero-order valence-corrected chi connectivity index (χ0v) is 15.3. The lowest BCUT2D eigenvalue weighted by Crippen LogP contribution is -2.05. The van der Waals surface area contributed by atoms with Crippen molar-refractivity contribution < 1.29 is 4.92 Å². The van der Waals surface area contributed by atoms with Gasteiger partial charge in [0, 0.05) is 16.2 Å². The summed E-state index contributed by atoms with van der Waals surface area (Å²) in [7, 11) is 0. The molecule has 0 aliphatic carbocycles. The van der Waals surface area contributed by atoms with Crippen LogP contribution in [-0.4, -0.2) is 4.92 Å². The van der Waals surface area contributed by atoms with Gasteiger partial charge in [0.15, 0.2) is 0 Å². The average Bonchev–Trinajstić information content (AvgIpc) is 2.48. The molecule has 0 spiro atoms. The predicted molar refractivity (Wildman–Crippen MR) is 98.7 cm³/mol. The molecule has 4 nitrogen and oxygen atoms in total. The van der Waals surface area contributed by atoms with Crippen LogP contribution in [0.25, 0.3) is 0 Å². The fourth-order valence-corrected chi connectivity index (χ4v) is 3.07. The van der Waals surface area contributed by atoms with Crippen molar-refractivity contribution in [1.82, 2.24) is 0 Å². The van der Waals surface area contributed by atoms with E-state index in [-0.39, 0.29) is 10.6 Å². The van der Waals surface area contributed by atoms with Gasteiger partial charge in [-0.05, 0) is 41.2 Å². The Hall–Kier alpha value is -1.88. The van der Waals surface area contributed by atoms with Crippen molar-refractivity contribution >= 4 is 33.0 Å². The summed E-state index contributed by atoms with van der Waals surface area (Å²) in [5, 5.41) is 14.6. The van der Waals surface area contributed by atoms with E-state index in [0.29, 0.717) is 17.5 Å². The fraction of sp³-hybridized carbons (Fsp3) is 0.333. The number of para-hydroxylation sites is 2. The third-order valence-electron chi connectivity index (χ3n) is 3.77. The van der Waals surface area contributed by atoms with Gasteiger partial charge in [-0.25, -0.2) is 0 Å². The molecule has 0 aliphatic rings. The third-order valence-corrected chi connectivity index (χ3v) is 4.23. The molecule has 2 aromatic rings. The number of rotatable bonds is 5. The topological polar surface area (TPSA) is 55.2 Å². The van der Waals surface area contributed by atoms with E-state index in [1.54, 1.807) is 18.2 Å². The van der Waals surface area contributed by atoms with Crippen molar-refractivity contribution in [2.24, 2.45) is 0 Å². The summed E-state index contributed by atoms with van der Waals surface area (Å²) < 4.78 is 1.03. The average molecular weight is 377 g/mol. The van der Waals surface area contributed by atoms with Crippen molar-refractivity contribution in [3.05, 3.63) is 62.1 Å². The van der Waals surface area contributed by atoms with E-state index in [0.717, 1.165) is 21.3 Å². The van der Waals surface area contributed by atoms with Crippen molar-refractivity contribution in [2.75, 3.05) is 5.32 Å². The van der Waals surface area contributed by atoms with Gasteiger partial charge in [-0.3, -0.25) is 10.1 Å². The normalized spacial score (nSPS) is 11.1. The Morgan fingerprint density at radius 3 is 2.04 bits per heavy atom. The molecule has 122 valence electrons. The van der Waals surface area contributed by atoms with E-state index in [9.17, 15) is 10.1 Å².